The molecule has 1 heterocycles. The zero-order valence-corrected chi connectivity index (χ0v) is 15.8. The normalized spacial score (nSPS) is 15.7. The second-order valence-electron chi connectivity index (χ2n) is 6.36. The molecule has 0 aliphatic carbocycles. The van der Waals surface area contributed by atoms with Crippen molar-refractivity contribution in [3.63, 3.8) is 0 Å². The average Bonchev–Trinajstić information content (AvgIpc) is 2.67. The highest BCUT2D eigenvalue weighted by Gasteiger charge is 2.30. The van der Waals surface area contributed by atoms with Crippen molar-refractivity contribution in [2.24, 2.45) is 0 Å². The maximum atomic E-state index is 12.2. The monoisotopic (exact) mass is 368 g/mol. The summed E-state index contributed by atoms with van der Waals surface area (Å²) in [4.78, 5) is 26.0. The number of anilines is 2. The van der Waals surface area contributed by atoms with E-state index in [1.165, 1.54) is 0 Å². The van der Waals surface area contributed by atoms with Crippen molar-refractivity contribution in [2.45, 2.75) is 33.3 Å². The first kappa shape index (κ1) is 18.8. The number of ether oxygens (including phenoxy) is 2. The van der Waals surface area contributed by atoms with Crippen molar-refractivity contribution in [1.82, 2.24) is 0 Å². The molecule has 1 aliphatic rings. The van der Waals surface area contributed by atoms with E-state index < -0.39 is 6.10 Å². The van der Waals surface area contributed by atoms with Gasteiger partial charge in [0.15, 0.2) is 12.7 Å². The van der Waals surface area contributed by atoms with Gasteiger partial charge in [-0.25, -0.2) is 0 Å². The number of hydrogen-bond acceptors (Lipinski definition) is 4. The van der Waals surface area contributed by atoms with Gasteiger partial charge in [0.2, 0.25) is 0 Å². The van der Waals surface area contributed by atoms with Crippen molar-refractivity contribution in [1.29, 1.82) is 0 Å². The van der Waals surface area contributed by atoms with Gasteiger partial charge in [0.25, 0.3) is 11.8 Å². The summed E-state index contributed by atoms with van der Waals surface area (Å²) in [7, 11) is 0. The number of likely N-dealkylation sites (N-methyl/N-ethyl adjacent to an activating group) is 1. The van der Waals surface area contributed by atoms with Crippen LogP contribution in [0.1, 0.15) is 26.3 Å². The Labute approximate surface area is 159 Å². The Morgan fingerprint density at radius 2 is 2.04 bits per heavy atom. The Bertz CT molecular complexity index is 850. The predicted molar refractivity (Wildman–Crippen MR) is 105 cm³/mol. The molecule has 0 saturated heterocycles. The minimum absolute atomic E-state index is 0.0653. The molecule has 0 aromatic heterocycles. The van der Waals surface area contributed by atoms with Crippen LogP contribution >= 0.6 is 0 Å². The van der Waals surface area contributed by atoms with E-state index in [9.17, 15) is 9.59 Å². The van der Waals surface area contributed by atoms with Crippen LogP contribution in [0.2, 0.25) is 0 Å². The molecule has 0 bridgehead atoms. The lowest BCUT2D eigenvalue weighted by atomic mass is 10.1. The Hall–Kier alpha value is -3.02. The van der Waals surface area contributed by atoms with E-state index >= 15 is 0 Å². The van der Waals surface area contributed by atoms with Crippen LogP contribution in [0, 0.1) is 0 Å². The smallest absolute Gasteiger partial charge is 0.267 e. The molecule has 0 saturated carbocycles. The Morgan fingerprint density at radius 3 is 2.78 bits per heavy atom. The number of nitrogens with zero attached hydrogens (tertiary/aromatic N) is 1. The van der Waals surface area contributed by atoms with E-state index in [0.717, 1.165) is 12.0 Å². The van der Waals surface area contributed by atoms with Gasteiger partial charge < -0.3 is 19.7 Å². The summed E-state index contributed by atoms with van der Waals surface area (Å²) in [6, 6.07) is 13.0. The highest BCUT2D eigenvalue weighted by molar-refractivity contribution is 6.00. The predicted octanol–water partition coefficient (Wildman–Crippen LogP) is 3.40. The zero-order chi connectivity index (χ0) is 19.4. The number of benzene rings is 2. The van der Waals surface area contributed by atoms with Crippen LogP contribution in [-0.4, -0.2) is 31.1 Å². The molecular weight excluding hydrogens is 344 g/mol. The summed E-state index contributed by atoms with van der Waals surface area (Å²) in [6.45, 7) is 6.19. The molecule has 0 radical (unpaired) electrons. The number of aryl methyl sites for hydroxylation is 1. The number of carbonyl (C=O) groups is 2. The van der Waals surface area contributed by atoms with Crippen LogP contribution in [0.15, 0.2) is 42.5 Å². The number of amides is 2. The first-order chi connectivity index (χ1) is 13.0. The van der Waals surface area contributed by atoms with Crippen LogP contribution in [-0.2, 0) is 16.0 Å². The number of nitrogens with one attached hydrogen (secondary N) is 1. The Morgan fingerprint density at radius 1 is 1.22 bits per heavy atom. The minimum Gasteiger partial charge on any atom is -0.484 e. The molecule has 1 atom stereocenters. The lowest BCUT2D eigenvalue weighted by Crippen LogP contribution is -2.44. The summed E-state index contributed by atoms with van der Waals surface area (Å²) < 4.78 is 11.2. The van der Waals surface area contributed by atoms with Crippen molar-refractivity contribution in [2.75, 3.05) is 23.4 Å². The number of hydrogen-bond donors (Lipinski definition) is 1. The van der Waals surface area contributed by atoms with E-state index in [0.29, 0.717) is 29.4 Å². The van der Waals surface area contributed by atoms with Crippen LogP contribution in [0.5, 0.6) is 11.5 Å². The SMILES string of the molecule is CCc1cccc(OCC(=O)Nc2ccc3c(c2)OC(C)C(=O)N3CC)c1. The Balaban J connectivity index is 1.65. The molecule has 142 valence electrons. The lowest BCUT2D eigenvalue weighted by Gasteiger charge is -2.32. The maximum Gasteiger partial charge on any atom is 0.267 e. The molecule has 2 amide bonds. The molecule has 3 rings (SSSR count). The third-order valence-electron chi connectivity index (χ3n) is 4.44. The highest BCUT2D eigenvalue weighted by Crippen LogP contribution is 2.36. The fourth-order valence-corrected chi connectivity index (χ4v) is 3.02. The van der Waals surface area contributed by atoms with E-state index in [4.69, 9.17) is 9.47 Å². The van der Waals surface area contributed by atoms with E-state index in [1.807, 2.05) is 31.2 Å². The molecular formula is C21H24N2O4. The van der Waals surface area contributed by atoms with Crippen molar-refractivity contribution < 1.29 is 19.1 Å². The fraction of sp³-hybridized carbons (Fsp3) is 0.333. The van der Waals surface area contributed by atoms with Crippen LogP contribution in [0.3, 0.4) is 0 Å². The van der Waals surface area contributed by atoms with Gasteiger partial charge in [-0.05, 0) is 50.1 Å². The van der Waals surface area contributed by atoms with Gasteiger partial charge in [0.1, 0.15) is 11.5 Å². The van der Waals surface area contributed by atoms with Gasteiger partial charge in [-0.15, -0.1) is 0 Å². The summed E-state index contributed by atoms with van der Waals surface area (Å²) >= 11 is 0. The van der Waals surface area contributed by atoms with Gasteiger partial charge in [0, 0.05) is 18.3 Å². The first-order valence-corrected chi connectivity index (χ1v) is 9.15. The molecule has 1 N–H and O–H groups in total. The van der Waals surface area contributed by atoms with Crippen molar-refractivity contribution in [3.05, 3.63) is 48.0 Å². The van der Waals surface area contributed by atoms with Gasteiger partial charge in [-0.2, -0.15) is 0 Å². The van der Waals surface area contributed by atoms with Crippen LogP contribution in [0.25, 0.3) is 0 Å². The third kappa shape index (κ3) is 4.22. The summed E-state index contributed by atoms with van der Waals surface area (Å²) in [5.41, 5.74) is 2.47. The maximum absolute atomic E-state index is 12.2. The molecule has 1 unspecified atom stereocenters. The lowest BCUT2D eigenvalue weighted by molar-refractivity contribution is -0.125. The average molecular weight is 368 g/mol. The van der Waals surface area contributed by atoms with Gasteiger partial charge in [-0.3, -0.25) is 9.59 Å². The summed E-state index contributed by atoms with van der Waals surface area (Å²) in [6.07, 6.45) is 0.367. The largest absolute Gasteiger partial charge is 0.484 e. The second-order valence-corrected chi connectivity index (χ2v) is 6.36. The second kappa shape index (κ2) is 8.12. The van der Waals surface area contributed by atoms with Crippen molar-refractivity contribution >= 4 is 23.2 Å². The molecule has 2 aromatic carbocycles. The molecule has 1 aliphatic heterocycles. The molecule has 2 aromatic rings. The zero-order valence-electron chi connectivity index (χ0n) is 15.8. The third-order valence-corrected chi connectivity index (χ3v) is 4.44. The summed E-state index contributed by atoms with van der Waals surface area (Å²) in [5, 5.41) is 2.80. The quantitative estimate of drug-likeness (QED) is 0.849. The molecule has 27 heavy (non-hydrogen) atoms. The van der Waals surface area contributed by atoms with Gasteiger partial charge in [0.05, 0.1) is 5.69 Å². The van der Waals surface area contributed by atoms with Gasteiger partial charge in [-0.1, -0.05) is 19.1 Å². The number of rotatable bonds is 6. The van der Waals surface area contributed by atoms with Crippen LogP contribution < -0.4 is 19.7 Å². The van der Waals surface area contributed by atoms with Gasteiger partial charge >= 0.3 is 0 Å². The fourth-order valence-electron chi connectivity index (χ4n) is 3.02. The molecule has 6 nitrogen and oxygen atoms in total. The standard InChI is InChI=1S/C21H24N2O4/c1-4-15-7-6-8-17(11-15)26-13-20(24)22-16-9-10-18-19(12-16)27-14(3)21(25)23(18)5-2/h6-12,14H,4-5,13H2,1-3H3,(H,22,24). The first-order valence-electron chi connectivity index (χ1n) is 9.15. The van der Waals surface area contributed by atoms with E-state index in [-0.39, 0.29) is 18.4 Å². The highest BCUT2D eigenvalue weighted by atomic mass is 16.5. The minimum atomic E-state index is -0.544. The van der Waals surface area contributed by atoms with E-state index in [2.05, 4.69) is 12.2 Å². The number of carbonyl (C=O) groups excluding carboxylic acids is 2. The molecule has 6 heteroatoms. The number of fused-ring (bicyclic) bond motifs is 1. The Kier molecular flexibility index (Phi) is 5.64. The van der Waals surface area contributed by atoms with Crippen molar-refractivity contribution in [3.8, 4) is 11.5 Å². The van der Waals surface area contributed by atoms with Crippen LogP contribution in [0.4, 0.5) is 11.4 Å². The summed E-state index contributed by atoms with van der Waals surface area (Å²) in [5.74, 6) is 0.927. The topological polar surface area (TPSA) is 67.9 Å². The van der Waals surface area contributed by atoms with E-state index in [1.54, 1.807) is 30.0 Å². The molecule has 0 spiro atoms. The molecule has 0 fully saturated rings.